The predicted octanol–water partition coefficient (Wildman–Crippen LogP) is 4.55. The minimum absolute atomic E-state index is 0.0587. The normalized spacial score (nSPS) is 16.1. The number of rotatable bonds is 7. The van der Waals surface area contributed by atoms with E-state index < -0.39 is 15.1 Å². The Hall–Kier alpha value is -2.57. The van der Waals surface area contributed by atoms with E-state index in [1.807, 2.05) is 55.5 Å². The second kappa shape index (κ2) is 9.51. The van der Waals surface area contributed by atoms with Crippen molar-refractivity contribution in [3.63, 3.8) is 0 Å². The van der Waals surface area contributed by atoms with E-state index in [1.165, 1.54) is 0 Å². The molecule has 0 radical (unpaired) electrons. The molecular formula is C26H31NO4S. The molecule has 3 aromatic carbocycles. The molecule has 1 unspecified atom stereocenters. The van der Waals surface area contributed by atoms with E-state index in [4.69, 9.17) is 9.47 Å². The molecule has 1 saturated heterocycles. The third-order valence-electron chi connectivity index (χ3n) is 6.52. The topological polar surface area (TPSA) is 64.6 Å². The van der Waals surface area contributed by atoms with Crippen molar-refractivity contribution >= 4 is 20.6 Å². The number of nitrogens with one attached hydrogen (secondary N) is 1. The summed E-state index contributed by atoms with van der Waals surface area (Å²) in [5.41, 5.74) is 1.83. The van der Waals surface area contributed by atoms with Crippen LogP contribution in [0.3, 0.4) is 0 Å². The van der Waals surface area contributed by atoms with Crippen LogP contribution in [0.25, 0.3) is 10.8 Å². The van der Waals surface area contributed by atoms with Crippen LogP contribution in [0.4, 0.5) is 0 Å². The van der Waals surface area contributed by atoms with Crippen LogP contribution in [-0.2, 0) is 16.3 Å². The van der Waals surface area contributed by atoms with Crippen molar-refractivity contribution in [1.82, 2.24) is 5.32 Å². The average Bonchev–Trinajstić information content (AvgIpc) is 2.82. The molecule has 0 spiro atoms. The smallest absolute Gasteiger partial charge is 0.181 e. The summed E-state index contributed by atoms with van der Waals surface area (Å²) in [7, 11) is -0.349. The fourth-order valence-electron chi connectivity index (χ4n) is 4.78. The van der Waals surface area contributed by atoms with Crippen LogP contribution < -0.4 is 14.8 Å². The molecule has 0 amide bonds. The zero-order valence-corrected chi connectivity index (χ0v) is 19.7. The van der Waals surface area contributed by atoms with Crippen LogP contribution in [-0.4, -0.2) is 41.0 Å². The molecule has 0 aliphatic carbocycles. The Kier molecular flexibility index (Phi) is 6.72. The molecule has 0 saturated carbocycles. The van der Waals surface area contributed by atoms with Gasteiger partial charge in [-0.2, -0.15) is 0 Å². The fraction of sp³-hybridized carbons (Fsp3) is 0.385. The molecule has 0 aromatic heterocycles. The minimum Gasteiger partial charge on any atom is -0.496 e. The first kappa shape index (κ1) is 22.6. The molecule has 1 fully saturated rings. The summed E-state index contributed by atoms with van der Waals surface area (Å²) in [4.78, 5) is 0.379. The van der Waals surface area contributed by atoms with Crippen LogP contribution >= 0.6 is 0 Å². The van der Waals surface area contributed by atoms with Gasteiger partial charge < -0.3 is 14.8 Å². The van der Waals surface area contributed by atoms with Gasteiger partial charge in [-0.25, -0.2) is 8.42 Å². The summed E-state index contributed by atoms with van der Waals surface area (Å²) in [6.07, 6.45) is 2.01. The van der Waals surface area contributed by atoms with Crippen LogP contribution in [0.2, 0.25) is 0 Å². The van der Waals surface area contributed by atoms with Gasteiger partial charge in [0.05, 0.1) is 24.4 Å². The van der Waals surface area contributed by atoms with Gasteiger partial charge in [0.15, 0.2) is 9.84 Å². The maximum Gasteiger partial charge on any atom is 0.181 e. The van der Waals surface area contributed by atoms with E-state index in [2.05, 4.69) is 5.32 Å². The minimum atomic E-state index is -3.59. The second-order valence-electron chi connectivity index (χ2n) is 8.53. The predicted molar refractivity (Wildman–Crippen MR) is 129 cm³/mol. The first-order chi connectivity index (χ1) is 15.4. The molecule has 6 heteroatoms. The Bertz CT molecular complexity index is 1170. The summed E-state index contributed by atoms with van der Waals surface area (Å²) in [6, 6.07) is 17.2. The first-order valence-corrected chi connectivity index (χ1v) is 12.6. The lowest BCUT2D eigenvalue weighted by atomic mass is 9.90. The SMILES string of the molecule is COc1cc(C)cc(OC)c1CC(C1CCNCC1)S(=O)(=O)c1ccc2ccccc2c1. The van der Waals surface area contributed by atoms with Gasteiger partial charge in [0.2, 0.25) is 0 Å². The fourth-order valence-corrected chi connectivity index (χ4v) is 6.85. The van der Waals surface area contributed by atoms with Gasteiger partial charge in [-0.1, -0.05) is 30.3 Å². The lowest BCUT2D eigenvalue weighted by molar-refractivity contribution is 0.343. The van der Waals surface area contributed by atoms with Crippen LogP contribution in [0.15, 0.2) is 59.5 Å². The average molecular weight is 454 g/mol. The Morgan fingerprint density at radius 1 is 0.938 bits per heavy atom. The van der Waals surface area contributed by atoms with Gasteiger partial charge in [-0.05, 0) is 85.8 Å². The Morgan fingerprint density at radius 2 is 1.56 bits per heavy atom. The maximum atomic E-state index is 14.0. The highest BCUT2D eigenvalue weighted by molar-refractivity contribution is 7.92. The van der Waals surface area contributed by atoms with Gasteiger partial charge >= 0.3 is 0 Å². The van der Waals surface area contributed by atoms with Gasteiger partial charge in [-0.3, -0.25) is 0 Å². The summed E-state index contributed by atoms with van der Waals surface area (Å²) in [6.45, 7) is 3.64. The number of ether oxygens (including phenoxy) is 2. The Morgan fingerprint density at radius 3 is 2.19 bits per heavy atom. The molecule has 0 bridgehead atoms. The monoisotopic (exact) mass is 453 g/mol. The third kappa shape index (κ3) is 4.48. The standard InChI is InChI=1S/C26H31NO4S/c1-18-14-24(30-2)23(25(15-18)31-3)17-26(20-10-12-27-13-11-20)32(28,29)22-9-8-19-6-4-5-7-21(19)16-22/h4-9,14-16,20,26-27H,10-13,17H2,1-3H3. The number of fused-ring (bicyclic) bond motifs is 1. The molecule has 1 aliphatic heterocycles. The maximum absolute atomic E-state index is 14.0. The van der Waals surface area contributed by atoms with Crippen molar-refractivity contribution in [2.24, 2.45) is 5.92 Å². The van der Waals surface area contributed by atoms with Crippen molar-refractivity contribution < 1.29 is 17.9 Å². The van der Waals surface area contributed by atoms with E-state index >= 15 is 0 Å². The summed E-state index contributed by atoms with van der Waals surface area (Å²) in [5, 5.41) is 4.77. The van der Waals surface area contributed by atoms with Crippen LogP contribution in [0, 0.1) is 12.8 Å². The lowest BCUT2D eigenvalue weighted by Gasteiger charge is -2.31. The first-order valence-electron chi connectivity index (χ1n) is 11.1. The number of piperidine rings is 1. The second-order valence-corrected chi connectivity index (χ2v) is 10.7. The Balaban J connectivity index is 1.80. The number of benzene rings is 3. The highest BCUT2D eigenvalue weighted by Crippen LogP contribution is 2.37. The van der Waals surface area contributed by atoms with Gasteiger partial charge in [-0.15, -0.1) is 0 Å². The van der Waals surface area contributed by atoms with Gasteiger partial charge in [0, 0.05) is 5.56 Å². The summed E-state index contributed by atoms with van der Waals surface area (Å²) >= 11 is 0. The molecule has 3 aromatic rings. The zero-order valence-electron chi connectivity index (χ0n) is 18.9. The van der Waals surface area contributed by atoms with E-state index in [9.17, 15) is 8.42 Å². The summed E-state index contributed by atoms with van der Waals surface area (Å²) in [5.74, 6) is 1.41. The molecular weight excluding hydrogens is 422 g/mol. The molecule has 5 nitrogen and oxygen atoms in total. The molecule has 170 valence electrons. The number of hydrogen-bond donors (Lipinski definition) is 1. The zero-order chi connectivity index (χ0) is 22.7. The largest absolute Gasteiger partial charge is 0.496 e. The molecule has 1 atom stereocenters. The highest BCUT2D eigenvalue weighted by Gasteiger charge is 2.37. The molecule has 1 heterocycles. The van der Waals surface area contributed by atoms with Crippen LogP contribution in [0.5, 0.6) is 11.5 Å². The van der Waals surface area contributed by atoms with Gasteiger partial charge in [0.1, 0.15) is 11.5 Å². The van der Waals surface area contributed by atoms with Crippen molar-refractivity contribution in [3.05, 3.63) is 65.7 Å². The van der Waals surface area contributed by atoms with Gasteiger partial charge in [0.25, 0.3) is 0 Å². The van der Waals surface area contributed by atoms with E-state index in [1.54, 1.807) is 20.3 Å². The van der Waals surface area contributed by atoms with Crippen LogP contribution in [0.1, 0.15) is 24.0 Å². The van der Waals surface area contributed by atoms with E-state index in [0.29, 0.717) is 22.8 Å². The molecule has 1 aliphatic rings. The molecule has 1 N–H and O–H groups in total. The van der Waals surface area contributed by atoms with Crippen molar-refractivity contribution in [1.29, 1.82) is 0 Å². The molecule has 32 heavy (non-hydrogen) atoms. The number of sulfone groups is 1. The van der Waals surface area contributed by atoms with E-state index in [-0.39, 0.29) is 5.92 Å². The quantitative estimate of drug-likeness (QED) is 0.569. The number of hydrogen-bond acceptors (Lipinski definition) is 5. The highest BCUT2D eigenvalue weighted by atomic mass is 32.2. The number of methoxy groups -OCH3 is 2. The van der Waals surface area contributed by atoms with Crippen molar-refractivity contribution in [2.75, 3.05) is 27.3 Å². The lowest BCUT2D eigenvalue weighted by Crippen LogP contribution is -2.39. The Labute approximate surface area is 190 Å². The van der Waals surface area contributed by atoms with E-state index in [0.717, 1.165) is 47.8 Å². The number of aryl methyl sites for hydroxylation is 1. The van der Waals surface area contributed by atoms with Crippen molar-refractivity contribution in [3.8, 4) is 11.5 Å². The van der Waals surface area contributed by atoms with Crippen molar-refractivity contribution in [2.45, 2.75) is 36.3 Å². The summed E-state index contributed by atoms with van der Waals surface area (Å²) < 4.78 is 39.4. The third-order valence-corrected chi connectivity index (χ3v) is 8.77. The molecule has 4 rings (SSSR count).